The maximum atomic E-state index is 12.7. The van der Waals surface area contributed by atoms with Gasteiger partial charge in [-0.3, -0.25) is 19.6 Å². The molecule has 32 heavy (non-hydrogen) atoms. The van der Waals surface area contributed by atoms with Crippen molar-refractivity contribution in [2.24, 2.45) is 0 Å². The number of hydrogen-bond donors (Lipinski definition) is 2. The smallest absolute Gasteiger partial charge is 0.269 e. The standard InChI is InChI=1S/C21H21N3O6S2/c1-15-5-3-6-16(2)21(15)23-32(29,30)20-11-9-18(10-12-20)22-31(27,28)14-17-7-4-8-19(13-17)24(25)26/h3-13,22-23H,14H2,1-2H3. The van der Waals surface area contributed by atoms with Crippen molar-refractivity contribution in [1.29, 1.82) is 0 Å². The van der Waals surface area contributed by atoms with Gasteiger partial charge in [0.15, 0.2) is 0 Å². The van der Waals surface area contributed by atoms with Crippen LogP contribution < -0.4 is 9.44 Å². The van der Waals surface area contributed by atoms with Crippen molar-refractivity contribution in [2.45, 2.75) is 24.5 Å². The highest BCUT2D eigenvalue weighted by molar-refractivity contribution is 7.92. The quantitative estimate of drug-likeness (QED) is 0.374. The average Bonchev–Trinajstić information content (AvgIpc) is 2.71. The Morgan fingerprint density at radius 1 is 0.844 bits per heavy atom. The number of aryl methyl sites for hydroxylation is 2. The third kappa shape index (κ3) is 5.62. The van der Waals surface area contributed by atoms with Crippen molar-refractivity contribution in [3.8, 4) is 0 Å². The molecule has 11 heteroatoms. The first kappa shape index (κ1) is 23.2. The summed E-state index contributed by atoms with van der Waals surface area (Å²) in [6.45, 7) is 3.59. The summed E-state index contributed by atoms with van der Waals surface area (Å²) in [6, 6.07) is 16.0. The molecule has 9 nitrogen and oxygen atoms in total. The van der Waals surface area contributed by atoms with Crippen LogP contribution >= 0.6 is 0 Å². The minimum atomic E-state index is -3.88. The number of anilines is 2. The second-order valence-corrected chi connectivity index (χ2v) is 10.6. The van der Waals surface area contributed by atoms with E-state index in [-0.39, 0.29) is 21.8 Å². The fourth-order valence-electron chi connectivity index (χ4n) is 3.07. The van der Waals surface area contributed by atoms with E-state index < -0.39 is 30.7 Å². The summed E-state index contributed by atoms with van der Waals surface area (Å²) < 4.78 is 55.2. The highest BCUT2D eigenvalue weighted by Gasteiger charge is 2.18. The number of nitrogens with zero attached hydrogens (tertiary/aromatic N) is 1. The molecule has 0 saturated heterocycles. The zero-order valence-electron chi connectivity index (χ0n) is 17.3. The third-order valence-corrected chi connectivity index (χ3v) is 7.26. The van der Waals surface area contributed by atoms with Gasteiger partial charge in [-0.2, -0.15) is 0 Å². The molecule has 168 valence electrons. The van der Waals surface area contributed by atoms with Crippen LogP contribution in [0, 0.1) is 24.0 Å². The van der Waals surface area contributed by atoms with Crippen molar-refractivity contribution in [3.05, 3.63) is 93.5 Å². The number of hydrogen-bond acceptors (Lipinski definition) is 6. The maximum absolute atomic E-state index is 12.7. The number of nitro benzene ring substituents is 1. The van der Waals surface area contributed by atoms with Crippen molar-refractivity contribution < 1.29 is 21.8 Å². The van der Waals surface area contributed by atoms with Gasteiger partial charge >= 0.3 is 0 Å². The molecule has 3 aromatic rings. The molecule has 0 aromatic heterocycles. The molecule has 0 atom stereocenters. The second kappa shape index (κ2) is 8.97. The third-order valence-electron chi connectivity index (χ3n) is 4.63. The normalized spacial score (nSPS) is 11.7. The van der Waals surface area contributed by atoms with Crippen LogP contribution in [0.1, 0.15) is 16.7 Å². The highest BCUT2D eigenvalue weighted by Crippen LogP contribution is 2.24. The molecule has 3 rings (SSSR count). The van der Waals surface area contributed by atoms with Crippen molar-refractivity contribution in [2.75, 3.05) is 9.44 Å². The van der Waals surface area contributed by atoms with Crippen LogP contribution in [0.4, 0.5) is 17.1 Å². The van der Waals surface area contributed by atoms with Gasteiger partial charge in [0.05, 0.1) is 21.3 Å². The number of nitro groups is 1. The average molecular weight is 476 g/mol. The largest absolute Gasteiger partial charge is 0.283 e. The molecule has 0 aliphatic carbocycles. The zero-order chi connectivity index (χ0) is 23.5. The first-order valence-electron chi connectivity index (χ1n) is 9.40. The van der Waals surface area contributed by atoms with Crippen LogP contribution in [0.5, 0.6) is 0 Å². The van der Waals surface area contributed by atoms with E-state index in [1.54, 1.807) is 26.0 Å². The van der Waals surface area contributed by atoms with Gasteiger partial charge in [-0.1, -0.05) is 30.3 Å². The lowest BCUT2D eigenvalue weighted by Gasteiger charge is -2.14. The van der Waals surface area contributed by atoms with Crippen molar-refractivity contribution >= 4 is 37.1 Å². The number of sulfonamides is 2. The van der Waals surface area contributed by atoms with Crippen LogP contribution in [0.2, 0.25) is 0 Å². The van der Waals surface area contributed by atoms with Gasteiger partial charge in [0.25, 0.3) is 15.7 Å². The predicted molar refractivity (Wildman–Crippen MR) is 123 cm³/mol. The number of rotatable bonds is 8. The molecule has 0 aliphatic rings. The van der Waals surface area contributed by atoms with Gasteiger partial charge in [0.2, 0.25) is 10.0 Å². The van der Waals surface area contributed by atoms with E-state index in [1.807, 2.05) is 6.07 Å². The van der Waals surface area contributed by atoms with Crippen LogP contribution in [-0.2, 0) is 25.8 Å². The first-order valence-corrected chi connectivity index (χ1v) is 12.5. The molecule has 0 spiro atoms. The van der Waals surface area contributed by atoms with Gasteiger partial charge in [0.1, 0.15) is 0 Å². The molecule has 0 heterocycles. The predicted octanol–water partition coefficient (Wildman–Crippen LogP) is 3.95. The summed E-state index contributed by atoms with van der Waals surface area (Å²) in [5, 5.41) is 10.9. The van der Waals surface area contributed by atoms with Crippen LogP contribution in [-0.4, -0.2) is 21.8 Å². The van der Waals surface area contributed by atoms with E-state index in [0.29, 0.717) is 5.69 Å². The Labute approximate surface area is 186 Å². The van der Waals surface area contributed by atoms with Gasteiger partial charge in [-0.05, 0) is 54.8 Å². The Bertz CT molecular complexity index is 1350. The van der Waals surface area contributed by atoms with E-state index in [1.165, 1.54) is 48.5 Å². The van der Waals surface area contributed by atoms with Gasteiger partial charge in [0, 0.05) is 17.8 Å². The summed E-state index contributed by atoms with van der Waals surface area (Å²) in [5.74, 6) is -0.469. The van der Waals surface area contributed by atoms with Crippen LogP contribution in [0.15, 0.2) is 71.6 Å². The summed E-state index contributed by atoms with van der Waals surface area (Å²) in [7, 11) is -7.75. The lowest BCUT2D eigenvalue weighted by Crippen LogP contribution is -2.16. The Kier molecular flexibility index (Phi) is 6.51. The minimum absolute atomic E-state index is 0.0261. The lowest BCUT2D eigenvalue weighted by molar-refractivity contribution is -0.384. The lowest BCUT2D eigenvalue weighted by atomic mass is 10.1. The molecule has 0 fully saturated rings. The Morgan fingerprint density at radius 3 is 2.03 bits per heavy atom. The fraction of sp³-hybridized carbons (Fsp3) is 0.143. The molecule has 0 radical (unpaired) electrons. The SMILES string of the molecule is Cc1cccc(C)c1NS(=O)(=O)c1ccc(NS(=O)(=O)Cc2cccc([N+](=O)[O-])c2)cc1. The number of non-ortho nitro benzene ring substituents is 1. The highest BCUT2D eigenvalue weighted by atomic mass is 32.2. The van der Waals surface area contributed by atoms with E-state index in [2.05, 4.69) is 9.44 Å². The van der Waals surface area contributed by atoms with E-state index >= 15 is 0 Å². The molecule has 0 amide bonds. The number of nitrogens with one attached hydrogen (secondary N) is 2. The molecule has 0 unspecified atom stereocenters. The maximum Gasteiger partial charge on any atom is 0.269 e. The summed E-state index contributed by atoms with van der Waals surface area (Å²) in [4.78, 5) is 10.2. The molecule has 0 aliphatic heterocycles. The van der Waals surface area contributed by atoms with Crippen LogP contribution in [0.3, 0.4) is 0 Å². The minimum Gasteiger partial charge on any atom is -0.283 e. The van der Waals surface area contributed by atoms with Gasteiger partial charge in [-0.25, -0.2) is 16.8 Å². The zero-order valence-corrected chi connectivity index (χ0v) is 18.9. The molecule has 3 aromatic carbocycles. The van der Waals surface area contributed by atoms with Crippen molar-refractivity contribution in [3.63, 3.8) is 0 Å². The van der Waals surface area contributed by atoms with E-state index in [4.69, 9.17) is 0 Å². The van der Waals surface area contributed by atoms with E-state index in [9.17, 15) is 26.9 Å². The molecule has 0 bridgehead atoms. The number of para-hydroxylation sites is 1. The number of benzene rings is 3. The molecular formula is C21H21N3O6S2. The summed E-state index contributed by atoms with van der Waals surface area (Å²) in [5.41, 5.74) is 2.27. The van der Waals surface area contributed by atoms with Gasteiger partial charge in [-0.15, -0.1) is 0 Å². The second-order valence-electron chi connectivity index (χ2n) is 7.18. The summed E-state index contributed by atoms with van der Waals surface area (Å²) in [6.07, 6.45) is 0. The summed E-state index contributed by atoms with van der Waals surface area (Å²) >= 11 is 0. The Balaban J connectivity index is 1.75. The van der Waals surface area contributed by atoms with Crippen molar-refractivity contribution in [1.82, 2.24) is 0 Å². The Hall–Kier alpha value is -3.44. The monoisotopic (exact) mass is 475 g/mol. The molecule has 2 N–H and O–H groups in total. The molecular weight excluding hydrogens is 454 g/mol. The van der Waals surface area contributed by atoms with E-state index in [0.717, 1.165) is 11.1 Å². The Morgan fingerprint density at radius 2 is 1.44 bits per heavy atom. The fourth-order valence-corrected chi connectivity index (χ4v) is 5.45. The molecule has 0 saturated carbocycles. The first-order chi connectivity index (χ1) is 15.0. The van der Waals surface area contributed by atoms with Gasteiger partial charge < -0.3 is 0 Å². The topological polar surface area (TPSA) is 135 Å². The van der Waals surface area contributed by atoms with Crippen LogP contribution in [0.25, 0.3) is 0 Å².